The van der Waals surface area contributed by atoms with E-state index in [4.69, 9.17) is 9.15 Å². The van der Waals surface area contributed by atoms with E-state index < -0.39 is 5.91 Å². The lowest BCUT2D eigenvalue weighted by Crippen LogP contribution is -2.21. The van der Waals surface area contributed by atoms with E-state index in [0.29, 0.717) is 35.4 Å². The van der Waals surface area contributed by atoms with Gasteiger partial charge in [-0.1, -0.05) is 32.9 Å². The summed E-state index contributed by atoms with van der Waals surface area (Å²) in [5.74, 6) is 0.197. The minimum Gasteiger partial charge on any atom is -0.494 e. The van der Waals surface area contributed by atoms with Crippen molar-refractivity contribution in [2.75, 3.05) is 17.2 Å². The predicted molar refractivity (Wildman–Crippen MR) is 114 cm³/mol. The Morgan fingerprint density at radius 1 is 1.00 bits per heavy atom. The van der Waals surface area contributed by atoms with Crippen LogP contribution in [0, 0.1) is 5.41 Å². The number of nitrogens with one attached hydrogen (secondary N) is 2. The van der Waals surface area contributed by atoms with Crippen LogP contribution in [0.2, 0.25) is 0 Å². The molecule has 2 N–H and O–H groups in total. The molecule has 2 aromatic carbocycles. The molecule has 1 aromatic heterocycles. The molecule has 0 bridgehead atoms. The molecule has 0 radical (unpaired) electrons. The SMILES string of the molecule is CCOc1ccc(NC(=O)c2oc3ccccc3c2NC(=O)CC(C)(C)C)cc1. The van der Waals surface area contributed by atoms with E-state index in [2.05, 4.69) is 10.6 Å². The number of carbonyl (C=O) groups excluding carboxylic acids is 2. The normalized spacial score (nSPS) is 11.3. The lowest BCUT2D eigenvalue weighted by molar-refractivity contribution is -0.117. The van der Waals surface area contributed by atoms with Crippen LogP contribution in [0.4, 0.5) is 11.4 Å². The summed E-state index contributed by atoms with van der Waals surface area (Å²) in [5.41, 5.74) is 1.36. The second-order valence-corrected chi connectivity index (χ2v) is 8.00. The molecule has 0 saturated heterocycles. The Morgan fingerprint density at radius 3 is 2.34 bits per heavy atom. The number of ether oxygens (including phenoxy) is 1. The van der Waals surface area contributed by atoms with Crippen LogP contribution < -0.4 is 15.4 Å². The van der Waals surface area contributed by atoms with Crippen LogP contribution >= 0.6 is 0 Å². The van der Waals surface area contributed by atoms with Crippen molar-refractivity contribution in [3.05, 3.63) is 54.3 Å². The van der Waals surface area contributed by atoms with Gasteiger partial charge in [-0.05, 0) is 48.7 Å². The van der Waals surface area contributed by atoms with Crippen LogP contribution in [0.15, 0.2) is 52.9 Å². The summed E-state index contributed by atoms with van der Waals surface area (Å²) in [7, 11) is 0. The topological polar surface area (TPSA) is 80.6 Å². The Kier molecular flexibility index (Phi) is 5.92. The molecule has 3 aromatic rings. The van der Waals surface area contributed by atoms with Crippen LogP contribution in [0.5, 0.6) is 5.75 Å². The maximum Gasteiger partial charge on any atom is 0.293 e. The van der Waals surface area contributed by atoms with Crippen molar-refractivity contribution in [1.29, 1.82) is 0 Å². The summed E-state index contributed by atoms with van der Waals surface area (Å²) < 4.78 is 11.2. The number of carbonyl (C=O) groups is 2. The molecule has 6 nitrogen and oxygen atoms in total. The number of hydrogen-bond acceptors (Lipinski definition) is 4. The number of anilines is 2. The second kappa shape index (κ2) is 8.39. The molecule has 0 aliphatic heterocycles. The minimum atomic E-state index is -0.434. The number of hydrogen-bond donors (Lipinski definition) is 2. The van der Waals surface area contributed by atoms with Crippen molar-refractivity contribution in [1.82, 2.24) is 0 Å². The van der Waals surface area contributed by atoms with Gasteiger partial charge in [-0.25, -0.2) is 0 Å². The predicted octanol–water partition coefficient (Wildman–Crippen LogP) is 5.46. The minimum absolute atomic E-state index is 0.0716. The van der Waals surface area contributed by atoms with Crippen molar-refractivity contribution in [3.8, 4) is 5.75 Å². The molecule has 1 heterocycles. The molecule has 29 heavy (non-hydrogen) atoms. The van der Waals surface area contributed by atoms with Crippen molar-refractivity contribution in [3.63, 3.8) is 0 Å². The molecule has 0 spiro atoms. The molecule has 0 unspecified atom stereocenters. The van der Waals surface area contributed by atoms with Crippen LogP contribution in [0.3, 0.4) is 0 Å². The average Bonchev–Trinajstić information content (AvgIpc) is 3.01. The van der Waals surface area contributed by atoms with Gasteiger partial charge in [0.05, 0.1) is 6.61 Å². The van der Waals surface area contributed by atoms with Gasteiger partial charge in [0.2, 0.25) is 11.7 Å². The molecule has 2 amide bonds. The van der Waals surface area contributed by atoms with E-state index in [1.807, 2.05) is 45.9 Å². The molecule has 0 aliphatic rings. The van der Waals surface area contributed by atoms with Crippen molar-refractivity contribution < 1.29 is 18.7 Å². The largest absolute Gasteiger partial charge is 0.494 e. The Morgan fingerprint density at radius 2 is 1.69 bits per heavy atom. The first-order valence-electron chi connectivity index (χ1n) is 9.62. The zero-order valence-corrected chi connectivity index (χ0v) is 17.2. The molecule has 0 fully saturated rings. The zero-order valence-electron chi connectivity index (χ0n) is 17.2. The number of furan rings is 1. The van der Waals surface area contributed by atoms with Gasteiger partial charge < -0.3 is 19.8 Å². The Labute approximate surface area is 170 Å². The molecule has 0 saturated carbocycles. The lowest BCUT2D eigenvalue weighted by atomic mass is 9.92. The van der Waals surface area contributed by atoms with E-state index in [1.54, 1.807) is 30.3 Å². The molecule has 6 heteroatoms. The first-order valence-corrected chi connectivity index (χ1v) is 9.62. The number of para-hydroxylation sites is 1. The van der Waals surface area contributed by atoms with E-state index in [1.165, 1.54) is 0 Å². The maximum atomic E-state index is 12.9. The van der Waals surface area contributed by atoms with Gasteiger partial charge in [0.15, 0.2) is 0 Å². The number of amides is 2. The van der Waals surface area contributed by atoms with E-state index in [-0.39, 0.29) is 17.1 Å². The highest BCUT2D eigenvalue weighted by atomic mass is 16.5. The van der Waals surface area contributed by atoms with Gasteiger partial charge >= 0.3 is 0 Å². The fraction of sp³-hybridized carbons (Fsp3) is 0.304. The summed E-state index contributed by atoms with van der Waals surface area (Å²) in [4.78, 5) is 25.4. The van der Waals surface area contributed by atoms with Crippen LogP contribution in [0.25, 0.3) is 11.0 Å². The third-order valence-electron chi connectivity index (χ3n) is 4.18. The maximum absolute atomic E-state index is 12.9. The molecular weight excluding hydrogens is 368 g/mol. The standard InChI is InChI=1S/C23H26N2O4/c1-5-28-16-12-10-15(11-13-16)24-22(27)21-20(25-19(26)14-23(2,3)4)17-8-6-7-9-18(17)29-21/h6-13H,5,14H2,1-4H3,(H,24,27)(H,25,26). The first kappa shape index (κ1) is 20.5. The highest BCUT2D eigenvalue weighted by molar-refractivity contribution is 6.14. The summed E-state index contributed by atoms with van der Waals surface area (Å²) in [5, 5.41) is 6.37. The molecule has 0 aliphatic carbocycles. The first-order chi connectivity index (χ1) is 13.8. The Hall–Kier alpha value is -3.28. The van der Waals surface area contributed by atoms with Crippen LogP contribution in [0.1, 0.15) is 44.7 Å². The highest BCUT2D eigenvalue weighted by Gasteiger charge is 2.24. The fourth-order valence-electron chi connectivity index (χ4n) is 2.98. The highest BCUT2D eigenvalue weighted by Crippen LogP contribution is 2.32. The summed E-state index contributed by atoms with van der Waals surface area (Å²) >= 11 is 0. The van der Waals surface area contributed by atoms with Crippen molar-refractivity contribution in [2.24, 2.45) is 5.41 Å². The Bertz CT molecular complexity index is 1010. The van der Waals surface area contributed by atoms with Gasteiger partial charge in [-0.3, -0.25) is 9.59 Å². The molecule has 152 valence electrons. The van der Waals surface area contributed by atoms with E-state index in [9.17, 15) is 9.59 Å². The van der Waals surface area contributed by atoms with Gasteiger partial charge in [0, 0.05) is 17.5 Å². The van der Waals surface area contributed by atoms with Gasteiger partial charge in [-0.15, -0.1) is 0 Å². The Balaban J connectivity index is 1.87. The van der Waals surface area contributed by atoms with Gasteiger partial charge in [0.25, 0.3) is 5.91 Å². The smallest absolute Gasteiger partial charge is 0.293 e. The van der Waals surface area contributed by atoms with Crippen molar-refractivity contribution in [2.45, 2.75) is 34.1 Å². The fourth-order valence-corrected chi connectivity index (χ4v) is 2.98. The third-order valence-corrected chi connectivity index (χ3v) is 4.18. The zero-order chi connectivity index (χ0) is 21.0. The van der Waals surface area contributed by atoms with Crippen LogP contribution in [-0.4, -0.2) is 18.4 Å². The monoisotopic (exact) mass is 394 g/mol. The van der Waals surface area contributed by atoms with Crippen LogP contribution in [-0.2, 0) is 4.79 Å². The summed E-state index contributed by atoms with van der Waals surface area (Å²) in [6, 6.07) is 14.3. The van der Waals surface area contributed by atoms with Gasteiger partial charge in [-0.2, -0.15) is 0 Å². The molecule has 3 rings (SSSR count). The molecular formula is C23H26N2O4. The number of rotatable bonds is 6. The third kappa shape index (κ3) is 5.16. The van der Waals surface area contributed by atoms with Crippen molar-refractivity contribution >= 4 is 34.2 Å². The second-order valence-electron chi connectivity index (χ2n) is 8.00. The lowest BCUT2D eigenvalue weighted by Gasteiger charge is -2.17. The number of fused-ring (bicyclic) bond motifs is 1. The van der Waals surface area contributed by atoms with E-state index in [0.717, 1.165) is 5.75 Å². The van der Waals surface area contributed by atoms with E-state index >= 15 is 0 Å². The molecule has 0 atom stereocenters. The average molecular weight is 394 g/mol. The summed E-state index contributed by atoms with van der Waals surface area (Å²) in [6.45, 7) is 8.44. The quantitative estimate of drug-likeness (QED) is 0.582. The van der Waals surface area contributed by atoms with Gasteiger partial charge in [0.1, 0.15) is 17.0 Å². The number of benzene rings is 2. The summed E-state index contributed by atoms with van der Waals surface area (Å²) in [6.07, 6.45) is 0.326.